The summed E-state index contributed by atoms with van der Waals surface area (Å²) in [5.41, 5.74) is 2.19. The van der Waals surface area contributed by atoms with Gasteiger partial charge in [-0.1, -0.05) is 0 Å². The maximum Gasteiger partial charge on any atom is 0.254 e. The predicted octanol–water partition coefficient (Wildman–Crippen LogP) is 0.602. The maximum absolute atomic E-state index is 12.1. The first-order chi connectivity index (χ1) is 11.9. The first-order valence-electron chi connectivity index (χ1n) is 8.27. The minimum absolute atomic E-state index is 0.0542. The number of carbonyl (C=O) groups is 1. The van der Waals surface area contributed by atoms with Crippen LogP contribution in [-0.4, -0.2) is 39.5 Å². The van der Waals surface area contributed by atoms with Crippen molar-refractivity contribution in [3.63, 3.8) is 0 Å². The number of amides is 1. The largest absolute Gasteiger partial charge is 0.349 e. The Labute approximate surface area is 145 Å². The standard InChI is InChI=1S/C17H22N6O2/c1-11-6-13(21-17(20-11)22(2)3)8-18-15(24)9-23-10-19-14(7-16(23)25)12-4-5-12/h6-7,10,12H,4-5,8-9H2,1-3H3,(H,18,24). The molecule has 0 aromatic carbocycles. The summed E-state index contributed by atoms with van der Waals surface area (Å²) in [7, 11) is 3.73. The molecule has 1 saturated carbocycles. The highest BCUT2D eigenvalue weighted by molar-refractivity contribution is 5.75. The van der Waals surface area contributed by atoms with Crippen molar-refractivity contribution in [2.75, 3.05) is 19.0 Å². The van der Waals surface area contributed by atoms with Crippen LogP contribution < -0.4 is 15.8 Å². The second-order valence-electron chi connectivity index (χ2n) is 6.53. The average molecular weight is 342 g/mol. The van der Waals surface area contributed by atoms with Crippen LogP contribution in [0, 0.1) is 6.92 Å². The first kappa shape index (κ1) is 17.1. The lowest BCUT2D eigenvalue weighted by atomic mass is 10.3. The van der Waals surface area contributed by atoms with Crippen molar-refractivity contribution in [3.8, 4) is 0 Å². The summed E-state index contributed by atoms with van der Waals surface area (Å²) in [6.45, 7) is 2.11. The molecular formula is C17H22N6O2. The van der Waals surface area contributed by atoms with Crippen LogP contribution in [0.15, 0.2) is 23.3 Å². The predicted molar refractivity (Wildman–Crippen MR) is 93.4 cm³/mol. The molecule has 132 valence electrons. The van der Waals surface area contributed by atoms with E-state index in [9.17, 15) is 9.59 Å². The van der Waals surface area contributed by atoms with Gasteiger partial charge in [0.2, 0.25) is 11.9 Å². The highest BCUT2D eigenvalue weighted by Gasteiger charge is 2.25. The van der Waals surface area contributed by atoms with E-state index in [4.69, 9.17) is 0 Å². The van der Waals surface area contributed by atoms with Crippen molar-refractivity contribution in [2.45, 2.75) is 38.8 Å². The van der Waals surface area contributed by atoms with E-state index in [1.54, 1.807) is 0 Å². The Kier molecular flexibility index (Phi) is 4.78. The van der Waals surface area contributed by atoms with Gasteiger partial charge in [0.15, 0.2) is 0 Å². The lowest BCUT2D eigenvalue weighted by Gasteiger charge is -2.13. The van der Waals surface area contributed by atoms with Gasteiger partial charge in [0.1, 0.15) is 6.54 Å². The van der Waals surface area contributed by atoms with Crippen LogP contribution in [0.5, 0.6) is 0 Å². The van der Waals surface area contributed by atoms with Crippen molar-refractivity contribution in [3.05, 3.63) is 45.9 Å². The number of rotatable bonds is 6. The molecule has 2 heterocycles. The van der Waals surface area contributed by atoms with Crippen molar-refractivity contribution >= 4 is 11.9 Å². The Hall–Kier alpha value is -2.77. The zero-order valence-electron chi connectivity index (χ0n) is 14.7. The Balaban J connectivity index is 1.60. The molecule has 0 unspecified atom stereocenters. The fourth-order valence-corrected chi connectivity index (χ4v) is 2.47. The monoisotopic (exact) mass is 342 g/mol. The summed E-state index contributed by atoms with van der Waals surface area (Å²) >= 11 is 0. The Morgan fingerprint density at radius 3 is 2.72 bits per heavy atom. The van der Waals surface area contributed by atoms with Crippen LogP contribution >= 0.6 is 0 Å². The number of anilines is 1. The summed E-state index contributed by atoms with van der Waals surface area (Å²) in [6.07, 6.45) is 3.63. The highest BCUT2D eigenvalue weighted by Crippen LogP contribution is 2.38. The maximum atomic E-state index is 12.1. The lowest BCUT2D eigenvalue weighted by molar-refractivity contribution is -0.121. The summed E-state index contributed by atoms with van der Waals surface area (Å²) in [4.78, 5) is 39.0. The molecule has 3 rings (SSSR count). The molecule has 2 aromatic heterocycles. The molecule has 1 aliphatic rings. The van der Waals surface area contributed by atoms with Crippen LogP contribution in [0.1, 0.15) is 35.8 Å². The van der Waals surface area contributed by atoms with Gasteiger partial charge in [-0.05, 0) is 25.8 Å². The van der Waals surface area contributed by atoms with E-state index < -0.39 is 0 Å². The van der Waals surface area contributed by atoms with Crippen LogP contribution in [-0.2, 0) is 17.9 Å². The molecule has 8 nitrogen and oxygen atoms in total. The van der Waals surface area contributed by atoms with E-state index in [1.165, 1.54) is 17.0 Å². The van der Waals surface area contributed by atoms with Crippen molar-refractivity contribution in [1.82, 2.24) is 24.8 Å². The van der Waals surface area contributed by atoms with Gasteiger partial charge < -0.3 is 10.2 Å². The third-order valence-corrected chi connectivity index (χ3v) is 3.97. The first-order valence-corrected chi connectivity index (χ1v) is 8.27. The molecule has 1 amide bonds. The molecule has 25 heavy (non-hydrogen) atoms. The van der Waals surface area contributed by atoms with Crippen LogP contribution in [0.4, 0.5) is 5.95 Å². The number of aromatic nitrogens is 4. The average Bonchev–Trinajstić information content (AvgIpc) is 3.39. The van der Waals surface area contributed by atoms with Gasteiger partial charge in [-0.3, -0.25) is 14.2 Å². The molecule has 0 bridgehead atoms. The van der Waals surface area contributed by atoms with E-state index in [2.05, 4.69) is 20.3 Å². The van der Waals surface area contributed by atoms with Gasteiger partial charge in [-0.25, -0.2) is 15.0 Å². The van der Waals surface area contributed by atoms with E-state index in [0.29, 0.717) is 11.9 Å². The number of nitrogens with zero attached hydrogens (tertiary/aromatic N) is 5. The number of hydrogen-bond acceptors (Lipinski definition) is 6. The summed E-state index contributed by atoms with van der Waals surface area (Å²) in [5.74, 6) is 0.758. The number of nitrogens with one attached hydrogen (secondary N) is 1. The second kappa shape index (κ2) is 7.00. The van der Waals surface area contributed by atoms with Gasteiger partial charge in [0, 0.05) is 31.8 Å². The van der Waals surface area contributed by atoms with Crippen LogP contribution in [0.2, 0.25) is 0 Å². The highest BCUT2D eigenvalue weighted by atomic mass is 16.2. The van der Waals surface area contributed by atoms with E-state index in [1.807, 2.05) is 32.0 Å². The van der Waals surface area contributed by atoms with E-state index in [0.717, 1.165) is 29.9 Å². The van der Waals surface area contributed by atoms with Crippen molar-refractivity contribution < 1.29 is 4.79 Å². The molecule has 0 saturated heterocycles. The summed E-state index contributed by atoms with van der Waals surface area (Å²) in [6, 6.07) is 3.35. The Bertz CT molecular complexity index is 841. The fourth-order valence-electron chi connectivity index (χ4n) is 2.47. The molecule has 0 spiro atoms. The summed E-state index contributed by atoms with van der Waals surface area (Å²) < 4.78 is 1.32. The summed E-state index contributed by atoms with van der Waals surface area (Å²) in [5, 5.41) is 2.78. The number of hydrogen-bond donors (Lipinski definition) is 1. The number of carbonyl (C=O) groups excluding carboxylic acids is 1. The number of aryl methyl sites for hydroxylation is 1. The molecule has 1 N–H and O–H groups in total. The minimum atomic E-state index is -0.259. The molecule has 8 heteroatoms. The van der Waals surface area contributed by atoms with Gasteiger partial charge in [-0.2, -0.15) is 0 Å². The topological polar surface area (TPSA) is 93.0 Å². The SMILES string of the molecule is Cc1cc(CNC(=O)Cn2cnc(C3CC3)cc2=O)nc(N(C)C)n1. The molecule has 0 aliphatic heterocycles. The normalized spacial score (nSPS) is 13.6. The van der Waals surface area contributed by atoms with Crippen LogP contribution in [0.3, 0.4) is 0 Å². The second-order valence-corrected chi connectivity index (χ2v) is 6.53. The molecule has 1 aliphatic carbocycles. The zero-order valence-corrected chi connectivity index (χ0v) is 14.7. The Morgan fingerprint density at radius 2 is 2.08 bits per heavy atom. The van der Waals surface area contributed by atoms with Gasteiger partial charge in [0.25, 0.3) is 5.56 Å². The molecule has 1 fully saturated rings. The van der Waals surface area contributed by atoms with Crippen molar-refractivity contribution in [1.29, 1.82) is 0 Å². The molecule has 0 atom stereocenters. The van der Waals surface area contributed by atoms with Crippen molar-refractivity contribution in [2.24, 2.45) is 0 Å². The van der Waals surface area contributed by atoms with E-state index in [-0.39, 0.29) is 24.6 Å². The third-order valence-electron chi connectivity index (χ3n) is 3.97. The lowest BCUT2D eigenvalue weighted by Crippen LogP contribution is -2.32. The van der Waals surface area contributed by atoms with Gasteiger partial charge >= 0.3 is 0 Å². The Morgan fingerprint density at radius 1 is 1.32 bits per heavy atom. The van der Waals surface area contributed by atoms with Gasteiger partial charge in [0.05, 0.1) is 24.3 Å². The third kappa shape index (κ3) is 4.40. The quantitative estimate of drug-likeness (QED) is 0.826. The smallest absolute Gasteiger partial charge is 0.254 e. The molecule has 0 radical (unpaired) electrons. The van der Waals surface area contributed by atoms with E-state index >= 15 is 0 Å². The zero-order chi connectivity index (χ0) is 18.0. The minimum Gasteiger partial charge on any atom is -0.349 e. The molecular weight excluding hydrogens is 320 g/mol. The molecule has 2 aromatic rings. The fraction of sp³-hybridized carbons (Fsp3) is 0.471. The van der Waals surface area contributed by atoms with Gasteiger partial charge in [-0.15, -0.1) is 0 Å². The van der Waals surface area contributed by atoms with Crippen LogP contribution in [0.25, 0.3) is 0 Å².